The van der Waals surface area contributed by atoms with Crippen molar-refractivity contribution in [2.24, 2.45) is 0 Å². The zero-order chi connectivity index (χ0) is 51.1. The number of nitrogens with zero attached hydrogens (tertiary/aromatic N) is 3. The van der Waals surface area contributed by atoms with Crippen LogP contribution in [0.2, 0.25) is 0 Å². The molecule has 0 aliphatic carbocycles. The predicted octanol–water partition coefficient (Wildman–Crippen LogP) is 10.8. The largest absolute Gasteiger partial charge is 0.514 e. The number of halogens is 28. The maximum Gasteiger partial charge on any atom is 0.514 e. The van der Waals surface area contributed by atoms with E-state index in [9.17, 15) is 158 Å². The molecule has 1 aromatic carbocycles. The lowest BCUT2D eigenvalue weighted by molar-refractivity contribution is -0.483. The van der Waals surface area contributed by atoms with Gasteiger partial charge in [0.2, 0.25) is 5.75 Å². The molecule has 40 heteroatoms. The number of benzene rings is 1. The Morgan fingerprint density at radius 1 is 0.508 bits per heavy atom. The van der Waals surface area contributed by atoms with Gasteiger partial charge in [-0.2, -0.15) is 114 Å². The van der Waals surface area contributed by atoms with Crippen molar-refractivity contribution in [3.8, 4) is 5.75 Å². The molecule has 0 saturated carbocycles. The third kappa shape index (κ3) is 7.48. The molecule has 63 heavy (non-hydrogen) atoms. The first kappa shape index (κ1) is 55.7. The quantitative estimate of drug-likeness (QED) is 0.0431. The third-order valence-corrected chi connectivity index (χ3v) is 7.61. The Hall–Kier alpha value is -5.27. The van der Waals surface area contributed by atoms with Gasteiger partial charge in [0.15, 0.2) is 6.61 Å². The Labute approximate surface area is 321 Å². The zero-order valence-electron chi connectivity index (χ0n) is 28.0. The first-order valence-corrected chi connectivity index (χ1v) is 13.9. The highest BCUT2D eigenvalue weighted by atomic mass is 19.4. The van der Waals surface area contributed by atoms with Crippen molar-refractivity contribution in [1.82, 2.24) is 0 Å². The molecule has 12 nitrogen and oxygen atoms in total. The molecule has 0 atom stereocenters. The summed E-state index contributed by atoms with van der Waals surface area (Å²) in [5, 5.41) is 33.5. The van der Waals surface area contributed by atoms with Gasteiger partial charge in [-0.05, 0) is 6.92 Å². The molecule has 0 aliphatic heterocycles. The topological polar surface area (TPSA) is 165 Å². The second-order valence-corrected chi connectivity index (χ2v) is 11.6. The Balaban J connectivity index is 3.81. The van der Waals surface area contributed by atoms with Crippen LogP contribution in [0.15, 0.2) is 6.07 Å². The lowest BCUT2D eigenvalue weighted by Gasteiger charge is -2.46. The summed E-state index contributed by atoms with van der Waals surface area (Å²) >= 11 is 0. The summed E-state index contributed by atoms with van der Waals surface area (Å²) in [6.07, 6.45) is -9.79. The molecular weight excluding hydrogens is 994 g/mol. The van der Waals surface area contributed by atoms with Gasteiger partial charge in [-0.3, -0.25) is 30.3 Å². The highest BCUT2D eigenvalue weighted by Crippen LogP contribution is 2.68. The Morgan fingerprint density at radius 3 is 1.06 bits per heavy atom. The molecule has 0 amide bonds. The fraction of sp³-hybridized carbons (Fsp3) is 0.696. The molecular formula is C23H7F28N3O9. The van der Waals surface area contributed by atoms with Crippen molar-refractivity contribution >= 4 is 23.2 Å². The Kier molecular flexibility index (Phi) is 13.7. The van der Waals surface area contributed by atoms with Gasteiger partial charge in [0.25, 0.3) is 0 Å². The second kappa shape index (κ2) is 15.5. The van der Waals surface area contributed by atoms with Crippen LogP contribution in [0.5, 0.6) is 5.75 Å². The summed E-state index contributed by atoms with van der Waals surface area (Å²) in [7, 11) is 0. The number of rotatable bonds is 19. The number of aryl methyl sites for hydroxylation is 1. The van der Waals surface area contributed by atoms with Crippen molar-refractivity contribution in [1.29, 1.82) is 0 Å². The van der Waals surface area contributed by atoms with Gasteiger partial charge in [0.05, 0.1) is 14.8 Å². The van der Waals surface area contributed by atoms with Crippen LogP contribution >= 0.6 is 0 Å². The van der Waals surface area contributed by atoms with Gasteiger partial charge in [-0.15, -0.1) is 0 Å². The molecule has 0 bridgehead atoms. The number of carbonyl (C=O) groups excluding carboxylic acids is 1. The summed E-state index contributed by atoms with van der Waals surface area (Å²) in [5.74, 6) is -124. The van der Waals surface area contributed by atoms with Crippen molar-refractivity contribution < 1.29 is 152 Å². The molecule has 364 valence electrons. The lowest BCUT2D eigenvalue weighted by Crippen LogP contribution is -2.79. The minimum absolute atomic E-state index is 0.104. The van der Waals surface area contributed by atoms with Gasteiger partial charge >= 0.3 is 107 Å². The predicted molar refractivity (Wildman–Crippen MR) is 133 cm³/mol. The zero-order valence-corrected chi connectivity index (χ0v) is 28.0. The summed E-state index contributed by atoms with van der Waals surface area (Å²) in [4.78, 5) is 39.5. The van der Waals surface area contributed by atoms with E-state index < -0.39 is 139 Å². The second-order valence-electron chi connectivity index (χ2n) is 11.6. The molecule has 0 N–H and O–H groups in total. The van der Waals surface area contributed by atoms with E-state index in [4.69, 9.17) is 0 Å². The van der Waals surface area contributed by atoms with Gasteiger partial charge in [0.1, 0.15) is 0 Å². The first-order valence-electron chi connectivity index (χ1n) is 13.9. The number of nitro groups is 3. The molecule has 1 rings (SSSR count). The van der Waals surface area contributed by atoms with Crippen LogP contribution < -0.4 is 4.74 Å². The maximum absolute atomic E-state index is 14.2. The highest BCUT2D eigenvalue weighted by molar-refractivity contribution is 5.77. The molecule has 0 saturated heterocycles. The normalized spacial score (nSPS) is 15.1. The van der Waals surface area contributed by atoms with Gasteiger partial charge < -0.3 is 9.47 Å². The molecule has 0 radical (unpaired) electrons. The van der Waals surface area contributed by atoms with E-state index in [2.05, 4.69) is 9.47 Å². The number of hydrogen-bond acceptors (Lipinski definition) is 9. The number of nitro benzene ring substituents is 3. The SMILES string of the molecule is Cc1cc([N+](=O)[O-])c([N+](=O)[O-])c([N+](=O)[O-])c1OC(=O)OCC(F)(F)C(F)(F)C(F)(F)C(F)(F)C(F)(F)C(F)(F)C(F)(F)C(F)(F)C(F)(F)C(F)(F)C(F)(F)C(F)(F)C(F)(F)C(F)F. The standard InChI is InChI=1S/C23H7F28N3O9/c1-4-2-5(52(56)57)6(53(58)59)7(54(60)61)8(4)63-10(55)62-3-11(26,27)13(30,31)15(34,35)17(38,39)19(42,43)21(46,47)23(50,51)22(48,49)20(44,45)18(40,41)16(36,37)14(32,33)12(28,29)9(24)25/h2,9H,3H2,1H3. The fourth-order valence-corrected chi connectivity index (χ4v) is 4.08. The fourth-order valence-electron chi connectivity index (χ4n) is 4.08. The maximum atomic E-state index is 14.2. The lowest BCUT2D eigenvalue weighted by atomic mass is 9.83. The molecule has 0 unspecified atom stereocenters. The smallest absolute Gasteiger partial charge is 0.427 e. The van der Waals surface area contributed by atoms with E-state index in [-0.39, 0.29) is 6.07 Å². The van der Waals surface area contributed by atoms with Crippen LogP contribution in [-0.2, 0) is 4.74 Å². The average molecular weight is 1000 g/mol. The molecule has 0 aromatic heterocycles. The van der Waals surface area contributed by atoms with E-state index in [1.54, 1.807) is 0 Å². The minimum atomic E-state index is -10.1. The van der Waals surface area contributed by atoms with Crippen molar-refractivity contribution in [3.63, 3.8) is 0 Å². The highest BCUT2D eigenvalue weighted by Gasteiger charge is 3.00. The van der Waals surface area contributed by atoms with Crippen LogP contribution in [0.4, 0.5) is 145 Å². The molecule has 0 spiro atoms. The van der Waals surface area contributed by atoms with E-state index in [1.807, 2.05) is 0 Å². The molecule has 0 aliphatic rings. The van der Waals surface area contributed by atoms with E-state index in [0.717, 1.165) is 0 Å². The van der Waals surface area contributed by atoms with Gasteiger partial charge in [0, 0.05) is 11.6 Å². The van der Waals surface area contributed by atoms with Gasteiger partial charge in [-0.25, -0.2) is 13.6 Å². The number of alkyl halides is 28. The molecule has 1 aromatic rings. The summed E-state index contributed by atoms with van der Waals surface area (Å²) in [5.41, 5.74) is -7.68. The van der Waals surface area contributed by atoms with Crippen LogP contribution in [0.25, 0.3) is 0 Å². The first-order chi connectivity index (χ1) is 27.3. The summed E-state index contributed by atoms with van der Waals surface area (Å²) < 4.78 is 391. The van der Waals surface area contributed by atoms with Crippen LogP contribution in [0.1, 0.15) is 5.56 Å². The van der Waals surface area contributed by atoms with Gasteiger partial charge in [-0.1, -0.05) is 0 Å². The minimum Gasteiger partial charge on any atom is -0.427 e. The Morgan fingerprint density at radius 2 is 0.794 bits per heavy atom. The summed E-state index contributed by atoms with van der Waals surface area (Å²) in [6.45, 7) is -3.82. The van der Waals surface area contributed by atoms with Crippen LogP contribution in [-0.4, -0.2) is 111 Å². The van der Waals surface area contributed by atoms with E-state index >= 15 is 0 Å². The van der Waals surface area contributed by atoms with E-state index in [1.165, 1.54) is 0 Å². The molecule has 0 fully saturated rings. The van der Waals surface area contributed by atoms with Crippen molar-refractivity contribution in [2.75, 3.05) is 6.61 Å². The van der Waals surface area contributed by atoms with E-state index in [0.29, 0.717) is 6.92 Å². The average Bonchev–Trinajstić information content (AvgIpc) is 3.09. The van der Waals surface area contributed by atoms with Crippen molar-refractivity contribution in [3.05, 3.63) is 42.0 Å². The van der Waals surface area contributed by atoms with Crippen LogP contribution in [0.3, 0.4) is 0 Å². The van der Waals surface area contributed by atoms with Crippen LogP contribution in [0, 0.1) is 37.3 Å². The monoisotopic (exact) mass is 1000 g/mol. The number of carbonyl (C=O) groups is 1. The number of hydrogen-bond donors (Lipinski definition) is 0. The van der Waals surface area contributed by atoms with Crippen molar-refractivity contribution in [2.45, 2.75) is 90.3 Å². The number of ether oxygens (including phenoxy) is 2. The molecule has 0 heterocycles. The Bertz CT molecular complexity index is 1990. The summed E-state index contributed by atoms with van der Waals surface area (Å²) in [6, 6.07) is -0.104. The third-order valence-electron chi connectivity index (χ3n) is 7.61.